The minimum atomic E-state index is 0.308. The van der Waals surface area contributed by atoms with Gasteiger partial charge in [-0.05, 0) is 0 Å². The van der Waals surface area contributed by atoms with E-state index in [2.05, 4.69) is 15.6 Å². The van der Waals surface area contributed by atoms with E-state index in [-0.39, 0.29) is 0 Å². The van der Waals surface area contributed by atoms with Gasteiger partial charge in [0.15, 0.2) is 0 Å². The van der Waals surface area contributed by atoms with E-state index in [1.807, 2.05) is 30.3 Å². The summed E-state index contributed by atoms with van der Waals surface area (Å²) in [5.74, 6) is 0. The van der Waals surface area contributed by atoms with Crippen LogP contribution >= 0.6 is 0 Å². The zero-order valence-electron chi connectivity index (χ0n) is 4.78. The molecule has 1 aromatic carbocycles. The van der Waals surface area contributed by atoms with Gasteiger partial charge in [-0.1, -0.05) is 0 Å². The van der Waals surface area contributed by atoms with Gasteiger partial charge in [-0.3, -0.25) is 0 Å². The Kier molecular flexibility index (Phi) is 2.17. The van der Waals surface area contributed by atoms with E-state index in [9.17, 15) is 0 Å². The molecule has 0 saturated heterocycles. The summed E-state index contributed by atoms with van der Waals surface area (Å²) in [6.07, 6.45) is 0. The van der Waals surface area contributed by atoms with Crippen molar-refractivity contribution in [3.8, 4) is 0 Å². The summed E-state index contributed by atoms with van der Waals surface area (Å²) in [5, 5.41) is 8.91. The maximum absolute atomic E-state index is 8.91. The summed E-state index contributed by atoms with van der Waals surface area (Å²) >= 11 is 2.10. The van der Waals surface area contributed by atoms with Crippen molar-refractivity contribution in [2.45, 2.75) is 0 Å². The van der Waals surface area contributed by atoms with Crippen LogP contribution in [0.5, 0.6) is 0 Å². The Morgan fingerprint density at radius 3 is 2.11 bits per heavy atom. The first-order valence-corrected chi connectivity index (χ1v) is 3.55. The van der Waals surface area contributed by atoms with E-state index < -0.39 is 0 Å². The average molecular weight is 186 g/mol. The number of benzene rings is 1. The predicted molar refractivity (Wildman–Crippen MR) is 39.6 cm³/mol. The van der Waals surface area contributed by atoms with Gasteiger partial charge in [0.2, 0.25) is 0 Å². The van der Waals surface area contributed by atoms with Crippen molar-refractivity contribution >= 4 is 20.2 Å². The molecule has 1 rings (SSSR count). The summed E-state index contributed by atoms with van der Waals surface area (Å²) in [7, 11) is 0. The van der Waals surface area contributed by atoms with Gasteiger partial charge < -0.3 is 0 Å². The summed E-state index contributed by atoms with van der Waals surface area (Å²) in [6, 6.07) is 9.40. The molecule has 1 nitrogen and oxygen atoms in total. The number of rotatable bonds is 1. The molecule has 1 N–H and O–H groups in total. The molecular weight excluding hydrogens is 179 g/mol. The molecule has 0 fully saturated rings. The SMILES string of the molecule is OC(=[SeH])c1ccccc1. The molecule has 0 aliphatic heterocycles. The first kappa shape index (κ1) is 6.69. The van der Waals surface area contributed by atoms with Gasteiger partial charge in [0, 0.05) is 0 Å². The zero-order chi connectivity index (χ0) is 6.69. The van der Waals surface area contributed by atoms with Crippen molar-refractivity contribution in [2.75, 3.05) is 0 Å². The fourth-order valence-corrected chi connectivity index (χ4v) is 0.900. The van der Waals surface area contributed by atoms with E-state index >= 15 is 0 Å². The van der Waals surface area contributed by atoms with Crippen LogP contribution in [0.4, 0.5) is 0 Å². The van der Waals surface area contributed by atoms with E-state index in [1.54, 1.807) is 0 Å². The van der Waals surface area contributed by atoms with E-state index in [0.29, 0.717) is 4.60 Å². The van der Waals surface area contributed by atoms with Crippen LogP contribution in [0.1, 0.15) is 5.56 Å². The molecular formula is C7H7OSe. The molecule has 0 aliphatic carbocycles. The van der Waals surface area contributed by atoms with Crippen molar-refractivity contribution in [2.24, 2.45) is 0 Å². The molecule has 0 saturated carbocycles. The normalized spacial score (nSPS) is 9.00. The van der Waals surface area contributed by atoms with Crippen LogP contribution in [0.25, 0.3) is 0 Å². The minimum absolute atomic E-state index is 0.308. The molecule has 0 aliphatic rings. The van der Waals surface area contributed by atoms with Crippen LogP contribution < -0.4 is 0 Å². The average Bonchev–Trinajstić information content (AvgIpc) is 1.90. The molecule has 0 heterocycles. The Labute approximate surface area is 61.7 Å². The standard InChI is InChI=1S/C7H7OSe/c8-7(9)6-4-2-1-3-5-6/h1-5,8-9H. The summed E-state index contributed by atoms with van der Waals surface area (Å²) < 4.78 is 0.308. The Morgan fingerprint density at radius 1 is 1.22 bits per heavy atom. The van der Waals surface area contributed by atoms with Crippen molar-refractivity contribution < 1.29 is 5.11 Å². The molecule has 2 heteroatoms. The molecule has 9 heavy (non-hydrogen) atoms. The second-order valence-corrected chi connectivity index (χ2v) is 2.58. The summed E-state index contributed by atoms with van der Waals surface area (Å²) in [5.41, 5.74) is 0.859. The molecule has 0 amide bonds. The van der Waals surface area contributed by atoms with Gasteiger partial charge in [-0.2, -0.15) is 0 Å². The van der Waals surface area contributed by atoms with Gasteiger partial charge in [0.1, 0.15) is 0 Å². The molecule has 0 atom stereocenters. The first-order chi connectivity index (χ1) is 4.30. The Morgan fingerprint density at radius 2 is 1.78 bits per heavy atom. The summed E-state index contributed by atoms with van der Waals surface area (Å²) in [4.78, 5) is 0. The van der Waals surface area contributed by atoms with E-state index in [4.69, 9.17) is 5.11 Å². The van der Waals surface area contributed by atoms with E-state index in [0.717, 1.165) is 5.56 Å². The van der Waals surface area contributed by atoms with Crippen molar-refractivity contribution in [1.82, 2.24) is 0 Å². The predicted octanol–water partition coefficient (Wildman–Crippen LogP) is 0.438. The monoisotopic (exact) mass is 187 g/mol. The molecule has 1 aromatic rings. The summed E-state index contributed by atoms with van der Waals surface area (Å²) in [6.45, 7) is 0. The number of hydrogen-bond donors (Lipinski definition) is 1. The fourth-order valence-electron chi connectivity index (χ4n) is 0.587. The quantitative estimate of drug-likeness (QED) is 0.631. The van der Waals surface area contributed by atoms with Crippen molar-refractivity contribution in [3.63, 3.8) is 0 Å². The second-order valence-electron chi connectivity index (χ2n) is 1.69. The van der Waals surface area contributed by atoms with Crippen LogP contribution in [0, 0.1) is 0 Å². The molecule has 47 valence electrons. The van der Waals surface area contributed by atoms with Gasteiger partial charge in [0.25, 0.3) is 0 Å². The molecule has 1 radical (unpaired) electrons. The Hall–Kier alpha value is -0.431. The molecule has 0 spiro atoms. The Bertz CT molecular complexity index is 205. The van der Waals surface area contributed by atoms with Gasteiger partial charge in [-0.15, -0.1) is 0 Å². The number of hydrogen-bond acceptors (Lipinski definition) is 1. The molecule has 0 bridgehead atoms. The van der Waals surface area contributed by atoms with Gasteiger partial charge in [0.05, 0.1) is 0 Å². The zero-order valence-corrected chi connectivity index (χ0v) is 6.66. The molecule has 0 unspecified atom stereocenters. The van der Waals surface area contributed by atoms with Crippen molar-refractivity contribution in [3.05, 3.63) is 35.9 Å². The van der Waals surface area contributed by atoms with Gasteiger partial charge >= 0.3 is 61.2 Å². The second kappa shape index (κ2) is 2.92. The third kappa shape index (κ3) is 1.75. The fraction of sp³-hybridized carbons (Fsp3) is 0. The van der Waals surface area contributed by atoms with Crippen LogP contribution in [-0.2, 0) is 0 Å². The third-order valence-electron chi connectivity index (χ3n) is 1.03. The van der Waals surface area contributed by atoms with Crippen LogP contribution in [0.15, 0.2) is 30.3 Å². The van der Waals surface area contributed by atoms with E-state index in [1.165, 1.54) is 0 Å². The first-order valence-electron chi connectivity index (χ1n) is 2.61. The van der Waals surface area contributed by atoms with Crippen LogP contribution in [-0.4, -0.2) is 25.3 Å². The van der Waals surface area contributed by atoms with Crippen molar-refractivity contribution in [1.29, 1.82) is 0 Å². The van der Waals surface area contributed by atoms with Crippen LogP contribution in [0.3, 0.4) is 0 Å². The Balaban J connectivity index is 2.98. The number of aliphatic hydroxyl groups excluding tert-OH is 1. The topological polar surface area (TPSA) is 20.2 Å². The number of aliphatic hydroxyl groups is 1. The van der Waals surface area contributed by atoms with Crippen LogP contribution in [0.2, 0.25) is 0 Å². The maximum atomic E-state index is 8.91. The third-order valence-corrected chi connectivity index (χ3v) is 1.57. The molecule has 0 aromatic heterocycles. The van der Waals surface area contributed by atoms with Gasteiger partial charge in [-0.25, -0.2) is 0 Å².